The maximum atomic E-state index is 11.8. The van der Waals surface area contributed by atoms with Crippen molar-refractivity contribution in [3.05, 3.63) is 0 Å². The highest BCUT2D eigenvalue weighted by atomic mass is 19.4. The Morgan fingerprint density at radius 2 is 1.78 bits per heavy atom. The molecule has 0 rings (SSSR count). The van der Waals surface area contributed by atoms with Gasteiger partial charge in [0.2, 0.25) is 0 Å². The fourth-order valence-electron chi connectivity index (χ4n) is 1.56. The Balaban J connectivity index is 3.62. The first-order valence-corrected chi connectivity index (χ1v) is 6.53. The van der Waals surface area contributed by atoms with Gasteiger partial charge < -0.3 is 10.1 Å². The zero-order valence-corrected chi connectivity index (χ0v) is 11.9. The van der Waals surface area contributed by atoms with E-state index in [1.54, 1.807) is 0 Å². The van der Waals surface area contributed by atoms with Gasteiger partial charge in [-0.3, -0.25) is 0 Å². The Hall–Kier alpha value is -0.290. The molecule has 0 amide bonds. The van der Waals surface area contributed by atoms with Crippen molar-refractivity contribution in [3.63, 3.8) is 0 Å². The second-order valence-electron chi connectivity index (χ2n) is 5.72. The zero-order chi connectivity index (χ0) is 14.2. The molecule has 1 N–H and O–H groups in total. The summed E-state index contributed by atoms with van der Waals surface area (Å²) in [7, 11) is 0. The van der Waals surface area contributed by atoms with Gasteiger partial charge in [-0.25, -0.2) is 0 Å². The van der Waals surface area contributed by atoms with Gasteiger partial charge in [0, 0.05) is 12.1 Å². The lowest BCUT2D eigenvalue weighted by molar-refractivity contribution is -0.174. The molecule has 0 radical (unpaired) electrons. The maximum Gasteiger partial charge on any atom is 0.411 e. The van der Waals surface area contributed by atoms with Gasteiger partial charge >= 0.3 is 6.18 Å². The van der Waals surface area contributed by atoms with Gasteiger partial charge in [0.1, 0.15) is 6.61 Å². The normalized spacial score (nSPS) is 14.8. The van der Waals surface area contributed by atoms with Gasteiger partial charge in [-0.15, -0.1) is 0 Å². The summed E-state index contributed by atoms with van der Waals surface area (Å²) in [5, 5.41) is 3.42. The minimum atomic E-state index is -4.21. The van der Waals surface area contributed by atoms with Gasteiger partial charge in [-0.2, -0.15) is 13.2 Å². The lowest BCUT2D eigenvalue weighted by Crippen LogP contribution is -2.39. The smallest absolute Gasteiger partial charge is 0.372 e. The topological polar surface area (TPSA) is 21.3 Å². The molecular formula is C13H26F3NO. The Labute approximate surface area is 108 Å². The first kappa shape index (κ1) is 17.7. The van der Waals surface area contributed by atoms with Gasteiger partial charge in [0.05, 0.1) is 0 Å². The molecule has 5 heteroatoms. The third-order valence-electron chi connectivity index (χ3n) is 2.67. The van der Waals surface area contributed by atoms with Gasteiger partial charge in [0.15, 0.2) is 0 Å². The molecule has 0 aromatic carbocycles. The Kier molecular flexibility index (Phi) is 7.87. The monoisotopic (exact) mass is 269 g/mol. The van der Waals surface area contributed by atoms with Crippen molar-refractivity contribution in [1.29, 1.82) is 0 Å². The van der Waals surface area contributed by atoms with Crippen molar-refractivity contribution in [1.82, 2.24) is 5.32 Å². The third-order valence-corrected chi connectivity index (χ3v) is 2.67. The molecule has 0 aromatic heterocycles. The first-order valence-electron chi connectivity index (χ1n) is 6.53. The van der Waals surface area contributed by atoms with E-state index in [9.17, 15) is 13.2 Å². The van der Waals surface area contributed by atoms with Crippen molar-refractivity contribution >= 4 is 0 Å². The standard InChI is InChI=1S/C13H26F3NO/c1-5-11(9-17-12(2,3)4)7-6-8-18-10-13(14,15)16/h11,17H,5-10H2,1-4H3. The average molecular weight is 269 g/mol. The summed E-state index contributed by atoms with van der Waals surface area (Å²) in [6, 6.07) is 0. The van der Waals surface area contributed by atoms with E-state index in [1.165, 1.54) is 0 Å². The summed E-state index contributed by atoms with van der Waals surface area (Å²) in [6.45, 7) is 8.37. The van der Waals surface area contributed by atoms with Crippen LogP contribution in [-0.2, 0) is 4.74 Å². The Morgan fingerprint density at radius 1 is 1.17 bits per heavy atom. The summed E-state index contributed by atoms with van der Waals surface area (Å²) < 4.78 is 40.1. The summed E-state index contributed by atoms with van der Waals surface area (Å²) in [4.78, 5) is 0. The third kappa shape index (κ3) is 12.2. The lowest BCUT2D eigenvalue weighted by atomic mass is 9.98. The van der Waals surface area contributed by atoms with E-state index >= 15 is 0 Å². The molecule has 18 heavy (non-hydrogen) atoms. The van der Waals surface area contributed by atoms with E-state index in [4.69, 9.17) is 0 Å². The van der Waals surface area contributed by atoms with Gasteiger partial charge in [-0.1, -0.05) is 13.3 Å². The minimum Gasteiger partial charge on any atom is -0.372 e. The fraction of sp³-hybridized carbons (Fsp3) is 1.00. The van der Waals surface area contributed by atoms with Crippen LogP contribution in [-0.4, -0.2) is 31.5 Å². The minimum absolute atomic E-state index is 0.0835. The van der Waals surface area contributed by atoms with Crippen LogP contribution in [0, 0.1) is 5.92 Å². The largest absolute Gasteiger partial charge is 0.411 e. The number of hydrogen-bond acceptors (Lipinski definition) is 2. The van der Waals surface area contributed by atoms with Crippen LogP contribution >= 0.6 is 0 Å². The molecule has 0 aliphatic heterocycles. The van der Waals surface area contributed by atoms with Crippen LogP contribution in [0.5, 0.6) is 0 Å². The molecule has 0 aromatic rings. The van der Waals surface area contributed by atoms with Crippen molar-refractivity contribution in [2.24, 2.45) is 5.92 Å². The molecular weight excluding hydrogens is 243 g/mol. The summed E-state index contributed by atoms with van der Waals surface area (Å²) in [5.41, 5.74) is 0.0835. The molecule has 0 saturated heterocycles. The second-order valence-corrected chi connectivity index (χ2v) is 5.72. The number of alkyl halides is 3. The molecule has 2 nitrogen and oxygen atoms in total. The van der Waals surface area contributed by atoms with Crippen molar-refractivity contribution < 1.29 is 17.9 Å². The zero-order valence-electron chi connectivity index (χ0n) is 11.9. The molecule has 0 aliphatic carbocycles. The maximum absolute atomic E-state index is 11.8. The molecule has 0 heterocycles. The lowest BCUT2D eigenvalue weighted by Gasteiger charge is -2.24. The number of rotatable bonds is 8. The van der Waals surface area contributed by atoms with Crippen LogP contribution in [0.2, 0.25) is 0 Å². The number of ether oxygens (including phenoxy) is 1. The van der Waals surface area contributed by atoms with Crippen molar-refractivity contribution in [2.75, 3.05) is 19.8 Å². The van der Waals surface area contributed by atoms with E-state index in [-0.39, 0.29) is 12.1 Å². The highest BCUT2D eigenvalue weighted by Crippen LogP contribution is 2.16. The number of nitrogens with one attached hydrogen (secondary N) is 1. The molecule has 1 unspecified atom stereocenters. The molecule has 0 fully saturated rings. The van der Waals surface area contributed by atoms with E-state index in [2.05, 4.69) is 37.7 Å². The Morgan fingerprint density at radius 3 is 2.22 bits per heavy atom. The first-order chi connectivity index (χ1) is 8.14. The second kappa shape index (κ2) is 8.00. The predicted octanol–water partition coefficient (Wildman–Crippen LogP) is 3.76. The fourth-order valence-corrected chi connectivity index (χ4v) is 1.56. The molecule has 0 bridgehead atoms. The number of hydrogen-bond donors (Lipinski definition) is 1. The van der Waals surface area contributed by atoms with E-state index in [0.717, 1.165) is 19.4 Å². The highest BCUT2D eigenvalue weighted by molar-refractivity contribution is 4.72. The Bertz CT molecular complexity index is 211. The molecule has 0 aliphatic rings. The summed E-state index contributed by atoms with van der Waals surface area (Å²) in [5.74, 6) is 0.499. The van der Waals surface area contributed by atoms with E-state index in [1.807, 2.05) is 0 Å². The predicted molar refractivity (Wildman–Crippen MR) is 67.6 cm³/mol. The summed E-state index contributed by atoms with van der Waals surface area (Å²) in [6.07, 6.45) is -1.60. The highest BCUT2D eigenvalue weighted by Gasteiger charge is 2.27. The molecule has 0 spiro atoms. The van der Waals surface area contributed by atoms with Crippen LogP contribution in [0.1, 0.15) is 47.0 Å². The van der Waals surface area contributed by atoms with Gasteiger partial charge in [0.25, 0.3) is 0 Å². The quantitative estimate of drug-likeness (QED) is 0.677. The van der Waals surface area contributed by atoms with Crippen LogP contribution < -0.4 is 5.32 Å². The van der Waals surface area contributed by atoms with Gasteiger partial charge in [-0.05, 0) is 46.1 Å². The van der Waals surface area contributed by atoms with Crippen LogP contribution in [0.25, 0.3) is 0 Å². The average Bonchev–Trinajstić information content (AvgIpc) is 2.19. The SMILES string of the molecule is CCC(CCCOCC(F)(F)F)CNC(C)(C)C. The van der Waals surface area contributed by atoms with Crippen LogP contribution in [0.15, 0.2) is 0 Å². The van der Waals surface area contributed by atoms with Crippen LogP contribution in [0.4, 0.5) is 13.2 Å². The summed E-state index contributed by atoms with van der Waals surface area (Å²) >= 11 is 0. The molecule has 1 atom stereocenters. The van der Waals surface area contributed by atoms with Crippen molar-refractivity contribution in [3.8, 4) is 0 Å². The van der Waals surface area contributed by atoms with E-state index in [0.29, 0.717) is 12.3 Å². The molecule has 0 saturated carbocycles. The van der Waals surface area contributed by atoms with Crippen molar-refractivity contribution in [2.45, 2.75) is 58.7 Å². The van der Waals surface area contributed by atoms with Crippen LogP contribution in [0.3, 0.4) is 0 Å². The molecule has 110 valence electrons. The number of halogens is 3. The van der Waals surface area contributed by atoms with E-state index < -0.39 is 12.8 Å².